The van der Waals surface area contributed by atoms with Gasteiger partial charge in [0.1, 0.15) is 18.3 Å². The van der Waals surface area contributed by atoms with Crippen LogP contribution in [0, 0.1) is 0 Å². The molecule has 0 heterocycles. The Balaban J connectivity index is 2.57. The molecule has 1 amide bonds. The van der Waals surface area contributed by atoms with E-state index >= 15 is 0 Å². The minimum atomic E-state index is -1.43. The molecule has 0 unspecified atom stereocenters. The van der Waals surface area contributed by atoms with Crippen molar-refractivity contribution in [3.63, 3.8) is 0 Å². The Hall–Kier alpha value is -0.690. The average Bonchev–Trinajstić information content (AvgIpc) is 2.23. The number of hydrogen-bond acceptors (Lipinski definition) is 5. The fourth-order valence-electron chi connectivity index (χ4n) is 1.86. The van der Waals surface area contributed by atoms with Crippen molar-refractivity contribution in [2.45, 2.75) is 56.6 Å². The molecule has 0 aliphatic heterocycles. The first-order valence-corrected chi connectivity index (χ1v) is 5.49. The maximum atomic E-state index is 11.3. The second kappa shape index (κ2) is 5.58. The number of aliphatic hydroxyl groups excluding tert-OH is 4. The molecule has 1 fully saturated rings. The van der Waals surface area contributed by atoms with Crippen molar-refractivity contribution in [3.8, 4) is 0 Å². The van der Waals surface area contributed by atoms with Crippen molar-refractivity contribution in [3.05, 3.63) is 0 Å². The summed E-state index contributed by atoms with van der Waals surface area (Å²) in [5.74, 6) is -0.234. The Morgan fingerprint density at radius 1 is 1.19 bits per heavy atom. The third-order valence-corrected chi connectivity index (χ3v) is 2.83. The maximum Gasteiger partial charge on any atom is 0.220 e. The van der Waals surface area contributed by atoms with Crippen molar-refractivity contribution in [2.24, 2.45) is 0 Å². The number of nitrogens with one attached hydrogen (secondary N) is 1. The molecule has 5 atom stereocenters. The van der Waals surface area contributed by atoms with Gasteiger partial charge < -0.3 is 25.7 Å². The van der Waals surface area contributed by atoms with Crippen LogP contribution in [0.25, 0.3) is 0 Å². The zero-order valence-electron chi connectivity index (χ0n) is 9.21. The lowest BCUT2D eigenvalue weighted by Gasteiger charge is -2.38. The predicted octanol–water partition coefficient (Wildman–Crippen LogP) is -1.88. The fourth-order valence-corrected chi connectivity index (χ4v) is 1.86. The third kappa shape index (κ3) is 2.91. The first-order chi connectivity index (χ1) is 7.47. The molecule has 0 bridgehead atoms. The van der Waals surface area contributed by atoms with Crippen LogP contribution in [-0.2, 0) is 4.79 Å². The first-order valence-electron chi connectivity index (χ1n) is 5.49. The van der Waals surface area contributed by atoms with E-state index in [2.05, 4.69) is 5.32 Å². The number of carbonyl (C=O) groups excluding carboxylic acids is 1. The minimum Gasteiger partial charge on any atom is -0.390 e. The van der Waals surface area contributed by atoms with E-state index in [0.29, 0.717) is 12.8 Å². The van der Waals surface area contributed by atoms with Gasteiger partial charge in [0.05, 0.1) is 12.1 Å². The molecule has 6 nitrogen and oxygen atoms in total. The summed E-state index contributed by atoms with van der Waals surface area (Å²) in [7, 11) is 0. The van der Waals surface area contributed by atoms with E-state index in [4.69, 9.17) is 0 Å². The Morgan fingerprint density at radius 3 is 2.38 bits per heavy atom. The molecule has 0 spiro atoms. The zero-order valence-corrected chi connectivity index (χ0v) is 9.21. The van der Waals surface area contributed by atoms with E-state index in [9.17, 15) is 25.2 Å². The molecule has 0 aromatic rings. The molecule has 0 radical (unpaired) electrons. The van der Waals surface area contributed by atoms with Gasteiger partial charge in [-0.3, -0.25) is 4.79 Å². The number of aliphatic hydroxyl groups is 4. The van der Waals surface area contributed by atoms with E-state index < -0.39 is 30.5 Å². The summed E-state index contributed by atoms with van der Waals surface area (Å²) in [5, 5.41) is 40.3. The highest BCUT2D eigenvalue weighted by Gasteiger charge is 2.42. The molecular weight excluding hydrogens is 214 g/mol. The van der Waals surface area contributed by atoms with Gasteiger partial charge >= 0.3 is 0 Å². The lowest BCUT2D eigenvalue weighted by Crippen LogP contribution is -2.60. The van der Waals surface area contributed by atoms with E-state index in [0.717, 1.165) is 0 Å². The quantitative estimate of drug-likeness (QED) is 0.392. The van der Waals surface area contributed by atoms with Gasteiger partial charge in [-0.05, 0) is 12.8 Å². The lowest BCUT2D eigenvalue weighted by atomic mass is 9.85. The largest absolute Gasteiger partial charge is 0.390 e. The van der Waals surface area contributed by atoms with Crippen molar-refractivity contribution < 1.29 is 25.2 Å². The van der Waals surface area contributed by atoms with Gasteiger partial charge in [-0.25, -0.2) is 0 Å². The molecular formula is C10H19NO5. The standard InChI is InChI=1S/C10H19NO5/c1-2-3-7(13)11-5-4-6(12)9(15)10(16)8(5)14/h5-6,8-10,12,14-16H,2-4H2,1H3,(H,11,13)/t5-,6-,8+,9+,10+/m1/s1. The van der Waals surface area contributed by atoms with Crippen molar-refractivity contribution in [1.29, 1.82) is 0 Å². The van der Waals surface area contributed by atoms with Crippen LogP contribution in [0.2, 0.25) is 0 Å². The van der Waals surface area contributed by atoms with Gasteiger partial charge in [-0.15, -0.1) is 0 Å². The molecule has 94 valence electrons. The fraction of sp³-hybridized carbons (Fsp3) is 0.900. The van der Waals surface area contributed by atoms with Crippen LogP contribution >= 0.6 is 0 Å². The Bertz CT molecular complexity index is 247. The molecule has 5 N–H and O–H groups in total. The number of amides is 1. The van der Waals surface area contributed by atoms with Gasteiger partial charge in [-0.1, -0.05) is 6.92 Å². The third-order valence-electron chi connectivity index (χ3n) is 2.83. The average molecular weight is 233 g/mol. The minimum absolute atomic E-state index is 0.0366. The monoisotopic (exact) mass is 233 g/mol. The lowest BCUT2D eigenvalue weighted by molar-refractivity contribution is -0.151. The van der Waals surface area contributed by atoms with E-state index in [-0.39, 0.29) is 12.3 Å². The number of carbonyl (C=O) groups is 1. The predicted molar refractivity (Wildman–Crippen MR) is 55.5 cm³/mol. The van der Waals surface area contributed by atoms with Crippen LogP contribution in [0.5, 0.6) is 0 Å². The van der Waals surface area contributed by atoms with Gasteiger partial charge in [-0.2, -0.15) is 0 Å². The molecule has 1 aliphatic rings. The summed E-state index contributed by atoms with van der Waals surface area (Å²) >= 11 is 0. The Kier molecular flexibility index (Phi) is 4.67. The highest BCUT2D eigenvalue weighted by Crippen LogP contribution is 2.20. The summed E-state index contributed by atoms with van der Waals surface area (Å²) in [5.41, 5.74) is 0. The van der Waals surface area contributed by atoms with Crippen LogP contribution < -0.4 is 5.32 Å². The molecule has 0 aromatic carbocycles. The SMILES string of the molecule is CCCC(=O)N[C@@H]1C[C@@H](O)[C@H](O)[C@@H](O)[C@H]1O. The van der Waals surface area contributed by atoms with Crippen LogP contribution in [0.15, 0.2) is 0 Å². The topological polar surface area (TPSA) is 110 Å². The molecule has 1 rings (SSSR count). The van der Waals surface area contributed by atoms with Crippen LogP contribution in [-0.4, -0.2) is 56.8 Å². The number of rotatable bonds is 3. The smallest absolute Gasteiger partial charge is 0.220 e. The normalized spacial score (nSPS) is 39.4. The second-order valence-electron chi connectivity index (χ2n) is 4.20. The van der Waals surface area contributed by atoms with E-state index in [1.807, 2.05) is 6.92 Å². The highest BCUT2D eigenvalue weighted by atomic mass is 16.4. The maximum absolute atomic E-state index is 11.3. The Morgan fingerprint density at radius 2 is 1.81 bits per heavy atom. The second-order valence-corrected chi connectivity index (χ2v) is 4.20. The highest BCUT2D eigenvalue weighted by molar-refractivity contribution is 5.76. The summed E-state index contributed by atoms with van der Waals surface area (Å²) in [6, 6.07) is -0.715. The van der Waals surface area contributed by atoms with Gasteiger partial charge in [0, 0.05) is 6.42 Å². The number of hydrogen-bond donors (Lipinski definition) is 5. The van der Waals surface area contributed by atoms with Crippen LogP contribution in [0.4, 0.5) is 0 Å². The van der Waals surface area contributed by atoms with E-state index in [1.165, 1.54) is 0 Å². The molecule has 1 saturated carbocycles. The molecule has 6 heteroatoms. The van der Waals surface area contributed by atoms with Crippen molar-refractivity contribution in [1.82, 2.24) is 5.32 Å². The molecule has 0 aromatic heterocycles. The van der Waals surface area contributed by atoms with Crippen molar-refractivity contribution >= 4 is 5.91 Å². The molecule has 16 heavy (non-hydrogen) atoms. The summed E-state index contributed by atoms with van der Waals surface area (Å²) in [6.45, 7) is 1.85. The molecule has 1 aliphatic carbocycles. The zero-order chi connectivity index (χ0) is 12.3. The van der Waals surface area contributed by atoms with Gasteiger partial charge in [0.15, 0.2) is 0 Å². The molecule has 0 saturated heterocycles. The summed E-state index contributed by atoms with van der Waals surface area (Å²) < 4.78 is 0. The van der Waals surface area contributed by atoms with E-state index in [1.54, 1.807) is 0 Å². The summed E-state index contributed by atoms with van der Waals surface area (Å²) in [6.07, 6.45) is -4.13. The van der Waals surface area contributed by atoms with Crippen LogP contribution in [0.1, 0.15) is 26.2 Å². The first kappa shape index (κ1) is 13.4. The summed E-state index contributed by atoms with van der Waals surface area (Å²) in [4.78, 5) is 11.3. The van der Waals surface area contributed by atoms with Gasteiger partial charge in [0.2, 0.25) is 5.91 Å². The van der Waals surface area contributed by atoms with Crippen molar-refractivity contribution in [2.75, 3.05) is 0 Å². The Labute approximate surface area is 93.9 Å². The van der Waals surface area contributed by atoms with Crippen LogP contribution in [0.3, 0.4) is 0 Å². The van der Waals surface area contributed by atoms with Gasteiger partial charge in [0.25, 0.3) is 0 Å².